The van der Waals surface area contributed by atoms with Crippen LogP contribution in [0.1, 0.15) is 0 Å². The van der Waals surface area contributed by atoms with E-state index in [0.29, 0.717) is 13.2 Å². The van der Waals surface area contributed by atoms with Crippen molar-refractivity contribution >= 4 is 21.7 Å². The van der Waals surface area contributed by atoms with Gasteiger partial charge in [0.25, 0.3) is 0 Å². The van der Waals surface area contributed by atoms with E-state index >= 15 is 0 Å². The van der Waals surface area contributed by atoms with E-state index in [1.165, 1.54) is 0 Å². The lowest BCUT2D eigenvalue weighted by atomic mass is 10.3. The highest BCUT2D eigenvalue weighted by Crippen LogP contribution is 2.10. The van der Waals surface area contributed by atoms with Crippen LogP contribution in [0, 0.1) is 0 Å². The minimum atomic E-state index is 0.0421. The van der Waals surface area contributed by atoms with Crippen molar-refractivity contribution < 1.29 is 9.47 Å². The third-order valence-electron chi connectivity index (χ3n) is 1.92. The Kier molecular flexibility index (Phi) is 5.60. The summed E-state index contributed by atoms with van der Waals surface area (Å²) in [4.78, 5) is 4.19. The molecular weight excluding hydrogens is 260 g/mol. The van der Waals surface area contributed by atoms with Crippen molar-refractivity contribution in [2.75, 3.05) is 32.7 Å². The Morgan fingerprint density at radius 3 is 2.80 bits per heavy atom. The number of nitrogens with one attached hydrogen (secondary N) is 1. The van der Waals surface area contributed by atoms with E-state index in [-0.39, 0.29) is 6.10 Å². The van der Waals surface area contributed by atoms with Crippen molar-refractivity contribution in [3.63, 3.8) is 0 Å². The summed E-state index contributed by atoms with van der Waals surface area (Å²) in [5.41, 5.74) is 0. The largest absolute Gasteiger partial charge is 0.382 e. The Morgan fingerprint density at radius 2 is 2.27 bits per heavy atom. The van der Waals surface area contributed by atoms with Gasteiger partial charge in [0.05, 0.1) is 12.7 Å². The van der Waals surface area contributed by atoms with Crippen LogP contribution in [0.25, 0.3) is 0 Å². The molecule has 1 heterocycles. The van der Waals surface area contributed by atoms with Gasteiger partial charge < -0.3 is 14.8 Å². The minimum absolute atomic E-state index is 0.0421. The third kappa shape index (κ3) is 4.59. The van der Waals surface area contributed by atoms with E-state index in [0.717, 1.165) is 10.3 Å². The van der Waals surface area contributed by atoms with Gasteiger partial charge in [-0.15, -0.1) is 0 Å². The Hall–Kier alpha value is -0.650. The van der Waals surface area contributed by atoms with Crippen LogP contribution < -0.4 is 5.32 Å². The van der Waals surface area contributed by atoms with Crippen LogP contribution in [0.3, 0.4) is 0 Å². The SMILES string of the molecule is COCC(CNc1ccc(Br)cn1)OC. The first kappa shape index (κ1) is 12.4. The Morgan fingerprint density at radius 1 is 1.47 bits per heavy atom. The molecule has 84 valence electrons. The Bertz CT molecular complexity index is 279. The quantitative estimate of drug-likeness (QED) is 0.861. The summed E-state index contributed by atoms with van der Waals surface area (Å²) >= 11 is 3.33. The average molecular weight is 275 g/mol. The van der Waals surface area contributed by atoms with Crippen LogP contribution in [0.2, 0.25) is 0 Å². The monoisotopic (exact) mass is 274 g/mol. The predicted octanol–water partition coefficient (Wildman–Crippen LogP) is 1.92. The van der Waals surface area contributed by atoms with Gasteiger partial charge in [-0.1, -0.05) is 0 Å². The van der Waals surface area contributed by atoms with E-state index in [4.69, 9.17) is 9.47 Å². The number of aromatic nitrogens is 1. The molecule has 0 bridgehead atoms. The van der Waals surface area contributed by atoms with Crippen molar-refractivity contribution in [1.82, 2.24) is 4.98 Å². The second-order valence-electron chi connectivity index (χ2n) is 3.06. The zero-order chi connectivity index (χ0) is 11.1. The summed E-state index contributed by atoms with van der Waals surface area (Å²) in [5.74, 6) is 0.830. The molecule has 0 saturated heterocycles. The maximum absolute atomic E-state index is 5.21. The molecule has 0 saturated carbocycles. The molecular formula is C10H15BrN2O2. The van der Waals surface area contributed by atoms with Gasteiger partial charge in [0.2, 0.25) is 0 Å². The number of pyridine rings is 1. The number of halogens is 1. The molecule has 15 heavy (non-hydrogen) atoms. The zero-order valence-electron chi connectivity index (χ0n) is 8.87. The molecule has 0 fully saturated rings. The second kappa shape index (κ2) is 6.76. The van der Waals surface area contributed by atoms with Crippen molar-refractivity contribution in [2.45, 2.75) is 6.10 Å². The van der Waals surface area contributed by atoms with Gasteiger partial charge in [-0.05, 0) is 28.1 Å². The van der Waals surface area contributed by atoms with E-state index in [1.54, 1.807) is 20.4 Å². The van der Waals surface area contributed by atoms with Gasteiger partial charge in [-0.25, -0.2) is 4.98 Å². The molecule has 1 rings (SSSR count). The lowest BCUT2D eigenvalue weighted by Gasteiger charge is -2.15. The van der Waals surface area contributed by atoms with Crippen LogP contribution in [0.4, 0.5) is 5.82 Å². The highest BCUT2D eigenvalue weighted by molar-refractivity contribution is 9.10. The summed E-state index contributed by atoms with van der Waals surface area (Å²) in [6, 6.07) is 3.84. The van der Waals surface area contributed by atoms with E-state index in [1.807, 2.05) is 12.1 Å². The molecule has 0 aliphatic heterocycles. The highest BCUT2D eigenvalue weighted by atomic mass is 79.9. The summed E-state index contributed by atoms with van der Waals surface area (Å²) in [7, 11) is 3.32. The maximum Gasteiger partial charge on any atom is 0.126 e. The molecule has 1 aromatic rings. The minimum Gasteiger partial charge on any atom is -0.382 e. The molecule has 1 aromatic heterocycles. The summed E-state index contributed by atoms with van der Waals surface area (Å²) < 4.78 is 11.2. The second-order valence-corrected chi connectivity index (χ2v) is 3.97. The van der Waals surface area contributed by atoms with Gasteiger partial charge in [0.15, 0.2) is 0 Å². The first-order chi connectivity index (χ1) is 7.26. The third-order valence-corrected chi connectivity index (χ3v) is 2.39. The fourth-order valence-electron chi connectivity index (χ4n) is 1.09. The fraction of sp³-hybridized carbons (Fsp3) is 0.500. The molecule has 0 amide bonds. The molecule has 0 aromatic carbocycles. The van der Waals surface area contributed by atoms with Gasteiger partial charge in [-0.3, -0.25) is 0 Å². The number of hydrogen-bond donors (Lipinski definition) is 1. The highest BCUT2D eigenvalue weighted by Gasteiger charge is 2.06. The number of anilines is 1. The molecule has 0 radical (unpaired) electrons. The normalized spacial score (nSPS) is 12.5. The fourth-order valence-corrected chi connectivity index (χ4v) is 1.33. The molecule has 0 aliphatic carbocycles. The number of methoxy groups -OCH3 is 2. The van der Waals surface area contributed by atoms with Crippen LogP contribution >= 0.6 is 15.9 Å². The van der Waals surface area contributed by atoms with E-state index in [9.17, 15) is 0 Å². The van der Waals surface area contributed by atoms with E-state index < -0.39 is 0 Å². The number of ether oxygens (including phenoxy) is 2. The van der Waals surface area contributed by atoms with Crippen molar-refractivity contribution in [2.24, 2.45) is 0 Å². The lowest BCUT2D eigenvalue weighted by Crippen LogP contribution is -2.26. The summed E-state index contributed by atoms with van der Waals surface area (Å²) in [5, 5.41) is 3.17. The molecule has 1 N–H and O–H groups in total. The number of hydrogen-bond acceptors (Lipinski definition) is 4. The molecule has 5 heteroatoms. The van der Waals surface area contributed by atoms with Crippen LogP contribution in [0.5, 0.6) is 0 Å². The van der Waals surface area contributed by atoms with Crippen molar-refractivity contribution in [1.29, 1.82) is 0 Å². The Balaban J connectivity index is 2.38. The standard InChI is InChI=1S/C10H15BrN2O2/c1-14-7-9(15-2)6-13-10-4-3-8(11)5-12-10/h3-5,9H,6-7H2,1-2H3,(H,12,13). The Labute approximate surface area is 98.1 Å². The van der Waals surface area contributed by atoms with Crippen molar-refractivity contribution in [3.05, 3.63) is 22.8 Å². The van der Waals surface area contributed by atoms with Gasteiger partial charge in [0.1, 0.15) is 5.82 Å². The van der Waals surface area contributed by atoms with E-state index in [2.05, 4.69) is 26.2 Å². The van der Waals surface area contributed by atoms with Gasteiger partial charge >= 0.3 is 0 Å². The summed E-state index contributed by atoms with van der Waals surface area (Å²) in [6.45, 7) is 1.25. The molecule has 1 unspecified atom stereocenters. The lowest BCUT2D eigenvalue weighted by molar-refractivity contribution is 0.0365. The number of rotatable bonds is 6. The van der Waals surface area contributed by atoms with Crippen LogP contribution in [-0.2, 0) is 9.47 Å². The first-order valence-electron chi connectivity index (χ1n) is 4.63. The first-order valence-corrected chi connectivity index (χ1v) is 5.42. The molecule has 0 aliphatic rings. The van der Waals surface area contributed by atoms with Gasteiger partial charge in [-0.2, -0.15) is 0 Å². The van der Waals surface area contributed by atoms with Crippen molar-refractivity contribution in [3.8, 4) is 0 Å². The average Bonchev–Trinajstić information content (AvgIpc) is 2.26. The molecule has 0 spiro atoms. The van der Waals surface area contributed by atoms with Crippen LogP contribution in [0.15, 0.2) is 22.8 Å². The maximum atomic E-state index is 5.21. The topological polar surface area (TPSA) is 43.4 Å². The zero-order valence-corrected chi connectivity index (χ0v) is 10.5. The van der Waals surface area contributed by atoms with Crippen LogP contribution in [-0.4, -0.2) is 38.5 Å². The summed E-state index contributed by atoms with van der Waals surface area (Å²) in [6.07, 6.45) is 1.79. The number of nitrogens with zero attached hydrogens (tertiary/aromatic N) is 1. The van der Waals surface area contributed by atoms with Gasteiger partial charge in [0, 0.05) is 31.4 Å². The molecule has 4 nitrogen and oxygen atoms in total. The smallest absolute Gasteiger partial charge is 0.126 e. The predicted molar refractivity (Wildman–Crippen MR) is 63.1 cm³/mol. The molecule has 1 atom stereocenters.